The van der Waals surface area contributed by atoms with Gasteiger partial charge in [-0.15, -0.1) is 0 Å². The molecule has 0 saturated carbocycles. The van der Waals surface area contributed by atoms with Crippen LogP contribution >= 0.6 is 0 Å². The molecule has 0 spiro atoms. The first-order valence-electron chi connectivity index (χ1n) is 47.7. The predicted octanol–water partition coefficient (Wildman–Crippen LogP) is 27.4. The van der Waals surface area contributed by atoms with E-state index in [0.29, 0.717) is 32.1 Å². The fourth-order valence-corrected chi connectivity index (χ4v) is 13.7. The molecule has 4 atom stereocenters. The molecule has 0 heterocycles. The Morgan fingerprint density at radius 1 is 0.170 bits per heavy atom. The second-order valence-electron chi connectivity index (χ2n) is 35.3. The third-order valence-corrected chi connectivity index (χ3v) is 21.1. The molecule has 0 saturated heterocycles. The summed E-state index contributed by atoms with van der Waals surface area (Å²) < 4.78 is 0. The van der Waals surface area contributed by atoms with Gasteiger partial charge in [-0.1, -0.05) is 454 Å². The van der Waals surface area contributed by atoms with Crippen molar-refractivity contribution in [2.24, 2.45) is 29.6 Å². The number of unbranched alkanes of at least 4 members (excludes halogenated alkanes) is 55. The van der Waals surface area contributed by atoms with Crippen molar-refractivity contribution in [3.8, 4) is 0 Å². The van der Waals surface area contributed by atoms with E-state index in [9.17, 15) is 24.0 Å². The number of aliphatic carboxylic acids is 5. The lowest BCUT2D eigenvalue weighted by Crippen LogP contribution is -2.46. The number of hydrogen-bond acceptors (Lipinski definition) is 11. The third-order valence-electron chi connectivity index (χ3n) is 21.1. The molecule has 11 N–H and O–H groups in total. The summed E-state index contributed by atoms with van der Waals surface area (Å²) in [7, 11) is 0. The summed E-state index contributed by atoms with van der Waals surface area (Å²) in [5, 5.41) is 94.8. The highest BCUT2D eigenvalue weighted by atomic mass is 16.4. The van der Waals surface area contributed by atoms with Gasteiger partial charge >= 0.3 is 29.8 Å². The van der Waals surface area contributed by atoms with Crippen molar-refractivity contribution in [3.05, 3.63) is 0 Å². The first-order chi connectivity index (χ1) is 53.7. The van der Waals surface area contributed by atoms with Gasteiger partial charge in [0.05, 0.1) is 13.2 Å². The maximum atomic E-state index is 10.3. The molecular weight excluding hydrogens is 1410 g/mol. The number of carboxylic acid groups (broad SMARTS) is 5. The summed E-state index contributed by atoms with van der Waals surface area (Å²) in [6, 6.07) is 0. The highest BCUT2D eigenvalue weighted by Gasteiger charge is 2.29. The molecule has 674 valence electrons. The van der Waals surface area contributed by atoms with E-state index in [4.69, 9.17) is 56.2 Å². The fourth-order valence-electron chi connectivity index (χ4n) is 13.7. The molecule has 0 unspecified atom stereocenters. The van der Waals surface area contributed by atoms with Crippen molar-refractivity contribution < 1.29 is 80.1 Å². The van der Waals surface area contributed by atoms with Crippen LogP contribution in [0.15, 0.2) is 0 Å². The molecular formula is C96H194O16. The van der Waals surface area contributed by atoms with Crippen molar-refractivity contribution in [1.82, 2.24) is 0 Å². The van der Waals surface area contributed by atoms with Gasteiger partial charge in [0.25, 0.3) is 0 Å². The van der Waals surface area contributed by atoms with E-state index < -0.39 is 67.5 Å². The molecule has 0 aliphatic carbocycles. The standard InChI is InChI=1S/5C18H36O2.C6H14O6/c5*1-17(2)15-13-11-9-7-5-3-4-6-8-10-12-14-16-18(19)20;7-1-3(9)5(11)6(12)4(10)2-8/h5*17H,3-16H2,1-2H3,(H,19,20);3-12H,1-2H2/t;;;;;3-,4+,5-,6-/m.....1/s1. The molecule has 0 aromatic rings. The van der Waals surface area contributed by atoms with Crippen molar-refractivity contribution in [2.75, 3.05) is 13.2 Å². The van der Waals surface area contributed by atoms with Crippen molar-refractivity contribution in [1.29, 1.82) is 0 Å². The summed E-state index contributed by atoms with van der Waals surface area (Å²) in [6.45, 7) is 21.6. The molecule has 0 amide bonds. The fraction of sp³-hybridized carbons (Fsp3) is 0.948. The van der Waals surface area contributed by atoms with Gasteiger partial charge in [-0.25, -0.2) is 0 Å². The SMILES string of the molecule is CC(C)CCCCCCCCCCCCCCC(=O)O.CC(C)CCCCCCCCCCCCCCC(=O)O.CC(C)CCCCCCCCCCCCCCC(=O)O.CC(C)CCCCCCCCCCCCCCC(=O)O.CC(C)CCCCCCCCCCCCCCC(=O)O.OC[C@@H](O)[C@@H](O)[C@H](O)[C@@H](O)CO. The Hall–Kier alpha value is -2.89. The molecule has 0 aromatic heterocycles. The van der Waals surface area contributed by atoms with Gasteiger partial charge in [0.15, 0.2) is 0 Å². The monoisotopic (exact) mass is 1600 g/mol. The number of aliphatic hydroxyl groups is 6. The van der Waals surface area contributed by atoms with Crippen LogP contribution in [0, 0.1) is 29.6 Å². The van der Waals surface area contributed by atoms with Gasteiger partial charge in [0.1, 0.15) is 24.4 Å². The molecule has 16 heteroatoms. The van der Waals surface area contributed by atoms with Gasteiger partial charge in [-0.2, -0.15) is 0 Å². The average molecular weight is 1600 g/mol. The minimum Gasteiger partial charge on any atom is -0.481 e. The van der Waals surface area contributed by atoms with E-state index >= 15 is 0 Å². The van der Waals surface area contributed by atoms with Gasteiger partial charge in [-0.3, -0.25) is 24.0 Å². The Kier molecular flexibility index (Phi) is 108. The van der Waals surface area contributed by atoms with Crippen LogP contribution < -0.4 is 0 Å². The summed E-state index contributed by atoms with van der Waals surface area (Å²) in [6.07, 6.45) is 80.2. The average Bonchev–Trinajstić information content (AvgIpc) is 0.907. The zero-order chi connectivity index (χ0) is 85.0. The first kappa shape index (κ1) is 120. The summed E-state index contributed by atoms with van der Waals surface area (Å²) >= 11 is 0. The summed E-state index contributed by atoms with van der Waals surface area (Å²) in [5.41, 5.74) is 0. The quantitative estimate of drug-likeness (QED) is 0.0252. The van der Waals surface area contributed by atoms with Crippen molar-refractivity contribution >= 4 is 29.8 Å². The third kappa shape index (κ3) is 125. The lowest BCUT2D eigenvalue weighted by atomic mass is 10.0. The van der Waals surface area contributed by atoms with Crippen molar-refractivity contribution in [2.45, 2.75) is 543 Å². The molecule has 16 nitrogen and oxygen atoms in total. The summed E-state index contributed by atoms with van der Waals surface area (Å²) in [5.74, 6) is 1.06. The number of carbonyl (C=O) groups is 5. The minimum atomic E-state index is -1.67. The molecule has 0 aliphatic rings. The predicted molar refractivity (Wildman–Crippen MR) is 474 cm³/mol. The van der Waals surface area contributed by atoms with E-state index in [1.807, 2.05) is 0 Å². The number of aliphatic hydroxyl groups excluding tert-OH is 6. The largest absolute Gasteiger partial charge is 0.481 e. The normalized spacial score (nSPS) is 12.3. The van der Waals surface area contributed by atoms with E-state index in [0.717, 1.165) is 93.8 Å². The van der Waals surface area contributed by atoms with E-state index in [2.05, 4.69) is 69.2 Å². The Bertz CT molecular complexity index is 1560. The van der Waals surface area contributed by atoms with Crippen LogP contribution in [0.25, 0.3) is 0 Å². The van der Waals surface area contributed by atoms with Gasteiger partial charge in [0, 0.05) is 32.1 Å². The minimum absolute atomic E-state index is 0.344. The highest BCUT2D eigenvalue weighted by molar-refractivity contribution is 5.67. The lowest BCUT2D eigenvalue weighted by Gasteiger charge is -2.24. The van der Waals surface area contributed by atoms with Crippen LogP contribution in [0.2, 0.25) is 0 Å². The van der Waals surface area contributed by atoms with Crippen LogP contribution in [0.4, 0.5) is 0 Å². The Labute approximate surface area is 692 Å². The zero-order valence-electron chi connectivity index (χ0n) is 75.6. The van der Waals surface area contributed by atoms with Gasteiger partial charge in [0.2, 0.25) is 0 Å². The zero-order valence-corrected chi connectivity index (χ0v) is 75.6. The second-order valence-corrected chi connectivity index (χ2v) is 35.3. The van der Waals surface area contributed by atoms with Gasteiger partial charge in [-0.05, 0) is 61.7 Å². The smallest absolute Gasteiger partial charge is 0.303 e. The maximum Gasteiger partial charge on any atom is 0.303 e. The van der Waals surface area contributed by atoms with Crippen LogP contribution in [0.1, 0.15) is 519 Å². The summed E-state index contributed by atoms with van der Waals surface area (Å²) in [4.78, 5) is 51.7. The topological polar surface area (TPSA) is 308 Å². The molecule has 0 fully saturated rings. The molecule has 0 aliphatic heterocycles. The Balaban J connectivity index is -0.000000303. The lowest BCUT2D eigenvalue weighted by molar-refractivity contribution is -0.138. The molecule has 112 heavy (non-hydrogen) atoms. The molecule has 0 bridgehead atoms. The number of hydrogen-bond donors (Lipinski definition) is 11. The number of carboxylic acids is 5. The Morgan fingerprint density at radius 2 is 0.259 bits per heavy atom. The first-order valence-corrected chi connectivity index (χ1v) is 47.7. The highest BCUT2D eigenvalue weighted by Crippen LogP contribution is 2.21. The molecule has 0 rings (SSSR count). The van der Waals surface area contributed by atoms with Gasteiger partial charge < -0.3 is 56.2 Å². The van der Waals surface area contributed by atoms with E-state index in [1.165, 1.54) is 353 Å². The Morgan fingerprint density at radius 3 is 0.339 bits per heavy atom. The van der Waals surface area contributed by atoms with Crippen LogP contribution in [0.3, 0.4) is 0 Å². The van der Waals surface area contributed by atoms with E-state index in [-0.39, 0.29) is 0 Å². The second kappa shape index (κ2) is 100. The van der Waals surface area contributed by atoms with Crippen molar-refractivity contribution in [3.63, 3.8) is 0 Å². The maximum absolute atomic E-state index is 10.3. The van der Waals surface area contributed by atoms with Crippen LogP contribution in [0.5, 0.6) is 0 Å². The molecule has 0 aromatic carbocycles. The number of rotatable bonds is 80. The molecule has 0 radical (unpaired) electrons. The van der Waals surface area contributed by atoms with E-state index in [1.54, 1.807) is 0 Å². The van der Waals surface area contributed by atoms with Crippen LogP contribution in [-0.4, -0.2) is 124 Å². The van der Waals surface area contributed by atoms with Crippen LogP contribution in [-0.2, 0) is 24.0 Å².